The first-order chi connectivity index (χ1) is 13.5. The molecule has 1 amide bonds. The minimum Gasteiger partial charge on any atom is -0.486 e. The van der Waals surface area contributed by atoms with Gasteiger partial charge in [-0.2, -0.15) is 0 Å². The summed E-state index contributed by atoms with van der Waals surface area (Å²) in [7, 11) is 0. The van der Waals surface area contributed by atoms with Gasteiger partial charge < -0.3 is 14.4 Å². The lowest BCUT2D eigenvalue weighted by Crippen LogP contribution is -2.40. The van der Waals surface area contributed by atoms with Crippen LogP contribution in [0.3, 0.4) is 0 Å². The topological polar surface area (TPSA) is 55.8 Å². The van der Waals surface area contributed by atoms with Crippen LogP contribution in [-0.4, -0.2) is 42.9 Å². The van der Waals surface area contributed by atoms with Crippen molar-refractivity contribution in [1.82, 2.24) is 4.90 Å². The Kier molecular flexibility index (Phi) is 4.98. The predicted molar refractivity (Wildman–Crippen MR) is 96.7 cm³/mol. The van der Waals surface area contributed by atoms with E-state index in [1.165, 1.54) is 4.90 Å². The number of hydrogen-bond acceptors (Lipinski definition) is 4. The molecule has 1 fully saturated rings. The number of fused-ring (bicyclic) bond motifs is 1. The van der Waals surface area contributed by atoms with Gasteiger partial charge in [-0.15, -0.1) is 0 Å². The van der Waals surface area contributed by atoms with Gasteiger partial charge in [-0.05, 0) is 43.2 Å². The van der Waals surface area contributed by atoms with Crippen LogP contribution in [0.5, 0.6) is 11.5 Å². The Bertz CT molecular complexity index is 923. The monoisotopic (exact) mass is 387 g/mol. The zero-order valence-electron chi connectivity index (χ0n) is 15.1. The Morgan fingerprint density at radius 1 is 0.929 bits per heavy atom. The van der Waals surface area contributed by atoms with Crippen molar-refractivity contribution in [3.8, 4) is 11.5 Å². The molecule has 0 saturated carbocycles. The lowest BCUT2D eigenvalue weighted by atomic mass is 9.88. The minimum absolute atomic E-state index is 0.00275. The smallest absolute Gasteiger partial charge is 0.256 e. The van der Waals surface area contributed by atoms with Gasteiger partial charge in [0.25, 0.3) is 5.91 Å². The standard InChI is InChI=1S/C21H19F2NO4/c22-15-2-3-16(17(23)12-15)21(26)24-7-5-13(6-8-24)20(25)14-1-4-18-19(11-14)28-10-9-27-18/h1-4,11-13H,5-10H2. The van der Waals surface area contributed by atoms with E-state index in [2.05, 4.69) is 0 Å². The number of ether oxygens (including phenoxy) is 2. The molecule has 0 unspecified atom stereocenters. The lowest BCUT2D eigenvalue weighted by molar-refractivity contribution is 0.0646. The van der Waals surface area contributed by atoms with E-state index < -0.39 is 17.5 Å². The number of rotatable bonds is 3. The van der Waals surface area contributed by atoms with Crippen LogP contribution in [0, 0.1) is 17.6 Å². The quantitative estimate of drug-likeness (QED) is 0.757. The van der Waals surface area contributed by atoms with E-state index in [1.54, 1.807) is 18.2 Å². The molecule has 2 aromatic rings. The van der Waals surface area contributed by atoms with E-state index in [0.29, 0.717) is 62.3 Å². The fourth-order valence-electron chi connectivity index (χ4n) is 3.61. The van der Waals surface area contributed by atoms with Crippen molar-refractivity contribution in [3.05, 3.63) is 59.2 Å². The van der Waals surface area contributed by atoms with Crippen LogP contribution in [0.1, 0.15) is 33.6 Å². The van der Waals surface area contributed by atoms with Gasteiger partial charge in [0.15, 0.2) is 17.3 Å². The number of nitrogens with zero attached hydrogens (tertiary/aromatic N) is 1. The van der Waals surface area contributed by atoms with Gasteiger partial charge in [0.05, 0.1) is 5.56 Å². The van der Waals surface area contributed by atoms with E-state index in [1.807, 2.05) is 0 Å². The first-order valence-corrected chi connectivity index (χ1v) is 9.21. The zero-order valence-corrected chi connectivity index (χ0v) is 15.1. The van der Waals surface area contributed by atoms with Crippen molar-refractivity contribution in [2.24, 2.45) is 5.92 Å². The van der Waals surface area contributed by atoms with Gasteiger partial charge in [0, 0.05) is 30.6 Å². The van der Waals surface area contributed by atoms with Crippen LogP contribution in [0.15, 0.2) is 36.4 Å². The third-order valence-electron chi connectivity index (χ3n) is 5.14. The molecule has 0 aliphatic carbocycles. The summed E-state index contributed by atoms with van der Waals surface area (Å²) in [6.45, 7) is 1.62. The summed E-state index contributed by atoms with van der Waals surface area (Å²) in [6.07, 6.45) is 0.976. The highest BCUT2D eigenvalue weighted by Crippen LogP contribution is 2.32. The lowest BCUT2D eigenvalue weighted by Gasteiger charge is -2.31. The molecule has 146 valence electrons. The van der Waals surface area contributed by atoms with Crippen LogP contribution in [-0.2, 0) is 0 Å². The Hall–Kier alpha value is -2.96. The minimum atomic E-state index is -0.875. The molecule has 2 aromatic carbocycles. The number of amides is 1. The number of halogens is 2. The van der Waals surface area contributed by atoms with Crippen molar-refractivity contribution in [3.63, 3.8) is 0 Å². The third kappa shape index (κ3) is 3.56. The second-order valence-electron chi connectivity index (χ2n) is 6.91. The fourth-order valence-corrected chi connectivity index (χ4v) is 3.61. The number of carbonyl (C=O) groups is 2. The number of hydrogen-bond donors (Lipinski definition) is 0. The Balaban J connectivity index is 1.41. The molecule has 0 spiro atoms. The summed E-state index contributed by atoms with van der Waals surface area (Å²) in [5.41, 5.74) is 0.400. The molecule has 0 radical (unpaired) electrons. The molecule has 2 heterocycles. The van der Waals surface area contributed by atoms with Gasteiger partial charge in [0.2, 0.25) is 0 Å². The van der Waals surface area contributed by atoms with E-state index in [4.69, 9.17) is 9.47 Å². The van der Waals surface area contributed by atoms with Gasteiger partial charge in [-0.1, -0.05) is 0 Å². The number of ketones is 1. The first kappa shape index (κ1) is 18.4. The molecule has 5 nitrogen and oxygen atoms in total. The number of benzene rings is 2. The molecular weight excluding hydrogens is 368 g/mol. The Labute approximate surface area is 160 Å². The molecule has 28 heavy (non-hydrogen) atoms. The zero-order chi connectivity index (χ0) is 19.7. The molecule has 2 aliphatic rings. The molecule has 4 rings (SSSR count). The van der Waals surface area contributed by atoms with Gasteiger partial charge in [0.1, 0.15) is 24.8 Å². The summed E-state index contributed by atoms with van der Waals surface area (Å²) < 4.78 is 37.9. The summed E-state index contributed by atoms with van der Waals surface area (Å²) in [4.78, 5) is 26.8. The molecule has 0 atom stereocenters. The Morgan fingerprint density at radius 3 is 2.36 bits per heavy atom. The maximum absolute atomic E-state index is 13.9. The summed E-state index contributed by atoms with van der Waals surface area (Å²) >= 11 is 0. The van der Waals surface area contributed by atoms with Crippen LogP contribution in [0.2, 0.25) is 0 Å². The molecule has 0 aromatic heterocycles. The Morgan fingerprint density at radius 2 is 1.64 bits per heavy atom. The number of likely N-dealkylation sites (tertiary alicyclic amines) is 1. The summed E-state index contributed by atoms with van der Waals surface area (Å²) in [5, 5.41) is 0. The van der Waals surface area contributed by atoms with Gasteiger partial charge >= 0.3 is 0 Å². The van der Waals surface area contributed by atoms with Crippen molar-refractivity contribution in [2.75, 3.05) is 26.3 Å². The maximum Gasteiger partial charge on any atom is 0.256 e. The van der Waals surface area contributed by atoms with Crippen molar-refractivity contribution >= 4 is 11.7 Å². The summed E-state index contributed by atoms with van der Waals surface area (Å²) in [6, 6.07) is 8.07. The average molecular weight is 387 g/mol. The van der Waals surface area contributed by atoms with Gasteiger partial charge in [-0.3, -0.25) is 9.59 Å². The first-order valence-electron chi connectivity index (χ1n) is 9.21. The second-order valence-corrected chi connectivity index (χ2v) is 6.91. The average Bonchev–Trinajstić information content (AvgIpc) is 2.72. The van der Waals surface area contributed by atoms with E-state index in [9.17, 15) is 18.4 Å². The molecule has 0 bridgehead atoms. The van der Waals surface area contributed by atoms with Crippen LogP contribution < -0.4 is 9.47 Å². The van der Waals surface area contributed by atoms with E-state index >= 15 is 0 Å². The highest BCUT2D eigenvalue weighted by atomic mass is 19.1. The van der Waals surface area contributed by atoms with E-state index in [-0.39, 0.29) is 17.3 Å². The summed E-state index contributed by atoms with van der Waals surface area (Å²) in [5.74, 6) is -1.11. The highest BCUT2D eigenvalue weighted by molar-refractivity contribution is 5.99. The van der Waals surface area contributed by atoms with Crippen LogP contribution >= 0.6 is 0 Å². The molecular formula is C21H19F2NO4. The molecule has 0 N–H and O–H groups in total. The van der Waals surface area contributed by atoms with Crippen LogP contribution in [0.25, 0.3) is 0 Å². The van der Waals surface area contributed by atoms with Crippen LogP contribution in [0.4, 0.5) is 8.78 Å². The normalized spacial score (nSPS) is 16.7. The fraction of sp³-hybridized carbons (Fsp3) is 0.333. The predicted octanol–water partition coefficient (Wildman–Crippen LogP) is 3.47. The number of piperidine rings is 1. The third-order valence-corrected chi connectivity index (χ3v) is 5.14. The molecule has 1 saturated heterocycles. The second kappa shape index (κ2) is 7.58. The highest BCUT2D eigenvalue weighted by Gasteiger charge is 2.30. The largest absolute Gasteiger partial charge is 0.486 e. The van der Waals surface area contributed by atoms with Crippen molar-refractivity contribution in [1.29, 1.82) is 0 Å². The van der Waals surface area contributed by atoms with Crippen molar-refractivity contribution in [2.45, 2.75) is 12.8 Å². The maximum atomic E-state index is 13.9. The van der Waals surface area contributed by atoms with Gasteiger partial charge in [-0.25, -0.2) is 8.78 Å². The molecule has 2 aliphatic heterocycles. The van der Waals surface area contributed by atoms with E-state index in [0.717, 1.165) is 12.1 Å². The molecule has 7 heteroatoms. The number of Topliss-reactive ketones (excluding diaryl/α,β-unsaturated/α-hetero) is 1. The van der Waals surface area contributed by atoms with Crippen molar-refractivity contribution < 1.29 is 27.8 Å². The number of carbonyl (C=O) groups excluding carboxylic acids is 2. The SMILES string of the molecule is O=C(c1ccc2c(c1)OCCO2)C1CCN(C(=O)c2ccc(F)cc2F)CC1.